The number of carbonyl (C=O) groups is 2. The number of nitrogens with zero attached hydrogens (tertiary/aromatic N) is 3. The van der Waals surface area contributed by atoms with Gasteiger partial charge in [0, 0.05) is 45.2 Å². The van der Waals surface area contributed by atoms with Crippen LogP contribution in [0, 0.1) is 5.92 Å². The van der Waals surface area contributed by atoms with E-state index in [9.17, 15) is 9.59 Å². The monoisotopic (exact) mass is 339 g/mol. The van der Waals surface area contributed by atoms with Crippen LogP contribution in [0.15, 0.2) is 0 Å². The lowest BCUT2D eigenvalue weighted by molar-refractivity contribution is -0.143. The van der Waals surface area contributed by atoms with Crippen molar-refractivity contribution in [1.29, 1.82) is 0 Å². The number of morpholine rings is 1. The number of piperidine rings is 1. The molecular weight excluding hydrogens is 306 g/mol. The van der Waals surface area contributed by atoms with E-state index in [4.69, 9.17) is 4.74 Å². The average molecular weight is 339 g/mol. The molecule has 138 valence electrons. The van der Waals surface area contributed by atoms with Crippen LogP contribution in [0.4, 0.5) is 0 Å². The van der Waals surface area contributed by atoms with Crippen molar-refractivity contribution in [3.63, 3.8) is 0 Å². The molecule has 0 aliphatic carbocycles. The summed E-state index contributed by atoms with van der Waals surface area (Å²) in [4.78, 5) is 30.9. The Bertz CT molecular complexity index is 456. The zero-order chi connectivity index (χ0) is 17.9. The van der Waals surface area contributed by atoms with Crippen LogP contribution in [0.5, 0.6) is 0 Å². The van der Waals surface area contributed by atoms with Crippen LogP contribution in [-0.4, -0.2) is 84.5 Å². The highest BCUT2D eigenvalue weighted by molar-refractivity contribution is 5.81. The van der Waals surface area contributed by atoms with E-state index in [0.717, 1.165) is 25.9 Å². The Kier molecular flexibility index (Phi) is 6.26. The number of amides is 2. The van der Waals surface area contributed by atoms with Crippen molar-refractivity contribution in [2.45, 2.75) is 52.2 Å². The summed E-state index contributed by atoms with van der Waals surface area (Å²) in [6, 6.07) is 0.224. The van der Waals surface area contributed by atoms with Gasteiger partial charge in [0.15, 0.2) is 0 Å². The largest absolute Gasteiger partial charge is 0.373 e. The second-order valence-corrected chi connectivity index (χ2v) is 8.02. The van der Waals surface area contributed by atoms with E-state index >= 15 is 0 Å². The van der Waals surface area contributed by atoms with E-state index in [1.807, 2.05) is 30.7 Å². The minimum absolute atomic E-state index is 0.0590. The van der Waals surface area contributed by atoms with Crippen molar-refractivity contribution in [3.8, 4) is 0 Å². The van der Waals surface area contributed by atoms with Crippen LogP contribution in [-0.2, 0) is 14.3 Å². The van der Waals surface area contributed by atoms with Gasteiger partial charge in [0.05, 0.1) is 18.8 Å². The molecule has 0 aromatic rings. The number of carbonyl (C=O) groups excluding carboxylic acids is 2. The van der Waals surface area contributed by atoms with Crippen molar-refractivity contribution in [2.24, 2.45) is 5.92 Å². The van der Waals surface area contributed by atoms with E-state index in [1.165, 1.54) is 0 Å². The van der Waals surface area contributed by atoms with Crippen molar-refractivity contribution >= 4 is 11.8 Å². The van der Waals surface area contributed by atoms with Crippen molar-refractivity contribution in [2.75, 3.05) is 46.4 Å². The Balaban J connectivity index is 1.79. The van der Waals surface area contributed by atoms with E-state index in [0.29, 0.717) is 26.2 Å². The lowest BCUT2D eigenvalue weighted by Gasteiger charge is -2.39. The van der Waals surface area contributed by atoms with Crippen LogP contribution in [0.2, 0.25) is 0 Å². The standard InChI is InChI=1S/C18H33N3O3/c1-14(2)19(5)17(23)15-6-8-21(9-7-15)16(22)12-20-10-11-24-18(3,4)13-20/h14-15H,6-13H2,1-5H3. The van der Waals surface area contributed by atoms with Gasteiger partial charge in [-0.1, -0.05) is 0 Å². The number of ether oxygens (including phenoxy) is 1. The zero-order valence-electron chi connectivity index (χ0n) is 15.9. The van der Waals surface area contributed by atoms with Gasteiger partial charge < -0.3 is 14.5 Å². The highest BCUT2D eigenvalue weighted by Crippen LogP contribution is 2.21. The number of hydrogen-bond donors (Lipinski definition) is 0. The highest BCUT2D eigenvalue weighted by Gasteiger charge is 2.32. The normalized spacial score (nSPS) is 22.7. The molecule has 2 fully saturated rings. The van der Waals surface area contributed by atoms with E-state index in [2.05, 4.69) is 18.7 Å². The second kappa shape index (κ2) is 7.83. The van der Waals surface area contributed by atoms with E-state index < -0.39 is 0 Å². The Labute approximate surface area is 146 Å². The highest BCUT2D eigenvalue weighted by atomic mass is 16.5. The second-order valence-electron chi connectivity index (χ2n) is 8.02. The Morgan fingerprint density at radius 3 is 2.38 bits per heavy atom. The molecule has 0 bridgehead atoms. The maximum absolute atomic E-state index is 12.5. The molecule has 0 radical (unpaired) electrons. The van der Waals surface area contributed by atoms with Crippen LogP contribution in [0.1, 0.15) is 40.5 Å². The quantitative estimate of drug-likeness (QED) is 0.772. The maximum Gasteiger partial charge on any atom is 0.236 e. The van der Waals surface area contributed by atoms with E-state index in [-0.39, 0.29) is 29.4 Å². The van der Waals surface area contributed by atoms with Crippen molar-refractivity contribution in [1.82, 2.24) is 14.7 Å². The predicted octanol–water partition coefficient (Wildman–Crippen LogP) is 1.20. The molecule has 0 spiro atoms. The molecule has 0 atom stereocenters. The molecule has 2 heterocycles. The molecular formula is C18H33N3O3. The maximum atomic E-state index is 12.5. The fourth-order valence-corrected chi connectivity index (χ4v) is 3.46. The molecule has 0 unspecified atom stereocenters. The van der Waals surface area contributed by atoms with Crippen LogP contribution in [0.3, 0.4) is 0 Å². The third-order valence-corrected chi connectivity index (χ3v) is 5.18. The van der Waals surface area contributed by atoms with Crippen LogP contribution in [0.25, 0.3) is 0 Å². The van der Waals surface area contributed by atoms with Gasteiger partial charge in [-0.25, -0.2) is 0 Å². The van der Waals surface area contributed by atoms with Crippen molar-refractivity contribution in [3.05, 3.63) is 0 Å². The molecule has 0 N–H and O–H groups in total. The van der Waals surface area contributed by atoms with Crippen LogP contribution >= 0.6 is 0 Å². The Morgan fingerprint density at radius 2 is 1.83 bits per heavy atom. The summed E-state index contributed by atoms with van der Waals surface area (Å²) < 4.78 is 5.70. The summed E-state index contributed by atoms with van der Waals surface area (Å²) in [5.41, 5.74) is -0.181. The fraction of sp³-hybridized carbons (Fsp3) is 0.889. The summed E-state index contributed by atoms with van der Waals surface area (Å²) in [6.07, 6.45) is 1.55. The first kappa shape index (κ1) is 19.2. The van der Waals surface area contributed by atoms with Crippen LogP contribution < -0.4 is 0 Å². The molecule has 2 aliphatic heterocycles. The summed E-state index contributed by atoms with van der Waals surface area (Å²) >= 11 is 0. The first-order valence-electron chi connectivity index (χ1n) is 9.10. The minimum atomic E-state index is -0.181. The topological polar surface area (TPSA) is 53.1 Å². The van der Waals surface area contributed by atoms with Crippen molar-refractivity contribution < 1.29 is 14.3 Å². The molecule has 0 saturated carbocycles. The minimum Gasteiger partial charge on any atom is -0.373 e. The van der Waals surface area contributed by atoms with Gasteiger partial charge in [-0.05, 0) is 40.5 Å². The fourth-order valence-electron chi connectivity index (χ4n) is 3.46. The Morgan fingerprint density at radius 1 is 1.21 bits per heavy atom. The molecule has 2 saturated heterocycles. The Hall–Kier alpha value is -1.14. The molecule has 2 aliphatic rings. The number of rotatable bonds is 4. The smallest absolute Gasteiger partial charge is 0.236 e. The molecule has 0 aromatic carbocycles. The number of likely N-dealkylation sites (tertiary alicyclic amines) is 1. The van der Waals surface area contributed by atoms with Gasteiger partial charge in [0.2, 0.25) is 11.8 Å². The number of hydrogen-bond acceptors (Lipinski definition) is 4. The summed E-state index contributed by atoms with van der Waals surface area (Å²) in [5, 5.41) is 0. The molecule has 6 nitrogen and oxygen atoms in total. The van der Waals surface area contributed by atoms with Gasteiger partial charge in [-0.3, -0.25) is 14.5 Å². The molecule has 2 rings (SSSR count). The lowest BCUT2D eigenvalue weighted by Crippen LogP contribution is -2.53. The van der Waals surface area contributed by atoms with E-state index in [1.54, 1.807) is 0 Å². The third kappa shape index (κ3) is 4.93. The first-order chi connectivity index (χ1) is 11.2. The first-order valence-corrected chi connectivity index (χ1v) is 9.10. The molecule has 0 aromatic heterocycles. The van der Waals surface area contributed by atoms with Gasteiger partial charge in [0.25, 0.3) is 0 Å². The third-order valence-electron chi connectivity index (χ3n) is 5.18. The average Bonchev–Trinajstić information content (AvgIpc) is 2.52. The lowest BCUT2D eigenvalue weighted by atomic mass is 9.95. The van der Waals surface area contributed by atoms with Gasteiger partial charge in [-0.15, -0.1) is 0 Å². The van der Waals surface area contributed by atoms with Gasteiger partial charge in [-0.2, -0.15) is 0 Å². The molecule has 24 heavy (non-hydrogen) atoms. The van der Waals surface area contributed by atoms with Gasteiger partial charge in [0.1, 0.15) is 0 Å². The summed E-state index contributed by atoms with van der Waals surface area (Å²) in [7, 11) is 1.87. The molecule has 2 amide bonds. The SMILES string of the molecule is CC(C)N(C)C(=O)C1CCN(C(=O)CN2CCOC(C)(C)C2)CC1. The summed E-state index contributed by atoms with van der Waals surface area (Å²) in [6.45, 7) is 12.3. The summed E-state index contributed by atoms with van der Waals surface area (Å²) in [5.74, 6) is 0.451. The van der Waals surface area contributed by atoms with Gasteiger partial charge >= 0.3 is 0 Å². The zero-order valence-corrected chi connectivity index (χ0v) is 15.9. The molecule has 6 heteroatoms. The predicted molar refractivity (Wildman–Crippen MR) is 93.7 cm³/mol.